The zero-order valence-electron chi connectivity index (χ0n) is 10.2. The van der Waals surface area contributed by atoms with Gasteiger partial charge in [-0.15, -0.1) is 0 Å². The van der Waals surface area contributed by atoms with E-state index in [4.69, 9.17) is 4.74 Å². The van der Waals surface area contributed by atoms with Gasteiger partial charge in [0.15, 0.2) is 0 Å². The molecule has 0 saturated heterocycles. The van der Waals surface area contributed by atoms with Crippen molar-refractivity contribution in [3.8, 4) is 5.75 Å². The minimum atomic E-state index is 0.774. The van der Waals surface area contributed by atoms with Crippen molar-refractivity contribution in [3.63, 3.8) is 0 Å². The SMILES string of the molecule is COc1ccccc1N=C(C)c1cnn(C)c1. The highest BCUT2D eigenvalue weighted by molar-refractivity contribution is 6.00. The molecule has 17 heavy (non-hydrogen) atoms. The summed E-state index contributed by atoms with van der Waals surface area (Å²) in [4.78, 5) is 4.55. The van der Waals surface area contributed by atoms with Crippen LogP contribution in [0.2, 0.25) is 0 Å². The molecular weight excluding hydrogens is 214 g/mol. The quantitative estimate of drug-likeness (QED) is 0.759. The average Bonchev–Trinajstić information content (AvgIpc) is 2.77. The van der Waals surface area contributed by atoms with Crippen molar-refractivity contribution in [2.75, 3.05) is 7.11 Å². The minimum Gasteiger partial charge on any atom is -0.494 e. The van der Waals surface area contributed by atoms with Crippen LogP contribution < -0.4 is 4.74 Å². The van der Waals surface area contributed by atoms with E-state index in [2.05, 4.69) is 10.1 Å². The van der Waals surface area contributed by atoms with E-state index >= 15 is 0 Å². The fraction of sp³-hybridized carbons (Fsp3) is 0.231. The van der Waals surface area contributed by atoms with Crippen LogP contribution in [0.1, 0.15) is 12.5 Å². The topological polar surface area (TPSA) is 39.4 Å². The molecule has 1 aromatic carbocycles. The molecule has 0 fully saturated rings. The predicted molar refractivity (Wildman–Crippen MR) is 68.1 cm³/mol. The molecule has 2 aromatic rings. The summed E-state index contributed by atoms with van der Waals surface area (Å²) in [6.07, 6.45) is 3.74. The molecule has 1 heterocycles. The minimum absolute atomic E-state index is 0.774. The standard InChI is InChI=1S/C13H15N3O/c1-10(11-8-14-16(2)9-11)15-12-6-4-5-7-13(12)17-3/h4-9H,1-3H3. The van der Waals surface area contributed by atoms with Gasteiger partial charge in [-0.2, -0.15) is 5.10 Å². The smallest absolute Gasteiger partial charge is 0.144 e. The molecule has 0 radical (unpaired) electrons. The second kappa shape index (κ2) is 4.82. The third kappa shape index (κ3) is 2.53. The number of nitrogens with zero attached hydrogens (tertiary/aromatic N) is 3. The molecule has 0 N–H and O–H groups in total. The molecule has 88 valence electrons. The Kier molecular flexibility index (Phi) is 3.23. The third-order valence-electron chi connectivity index (χ3n) is 2.50. The van der Waals surface area contributed by atoms with Gasteiger partial charge in [0, 0.05) is 24.5 Å². The Morgan fingerprint density at radius 2 is 2.12 bits per heavy atom. The molecule has 0 atom stereocenters. The lowest BCUT2D eigenvalue weighted by Crippen LogP contribution is -1.92. The molecule has 1 aromatic heterocycles. The molecule has 0 aliphatic carbocycles. The maximum atomic E-state index is 5.26. The maximum absolute atomic E-state index is 5.26. The average molecular weight is 229 g/mol. The van der Waals surface area contributed by atoms with E-state index in [0.717, 1.165) is 22.7 Å². The number of benzene rings is 1. The summed E-state index contributed by atoms with van der Waals surface area (Å²) in [6.45, 7) is 1.96. The first-order valence-corrected chi connectivity index (χ1v) is 5.38. The summed E-state index contributed by atoms with van der Waals surface area (Å²) in [5.41, 5.74) is 2.76. The van der Waals surface area contributed by atoms with E-state index in [-0.39, 0.29) is 0 Å². The van der Waals surface area contributed by atoms with Crippen molar-refractivity contribution in [1.29, 1.82) is 0 Å². The van der Waals surface area contributed by atoms with Crippen molar-refractivity contribution >= 4 is 11.4 Å². The summed E-state index contributed by atoms with van der Waals surface area (Å²) in [7, 11) is 3.54. The Hall–Kier alpha value is -2.10. The van der Waals surface area contributed by atoms with Gasteiger partial charge >= 0.3 is 0 Å². The van der Waals surface area contributed by atoms with Crippen molar-refractivity contribution < 1.29 is 4.74 Å². The van der Waals surface area contributed by atoms with E-state index in [1.165, 1.54) is 0 Å². The van der Waals surface area contributed by atoms with Crippen LogP contribution in [0.4, 0.5) is 5.69 Å². The van der Waals surface area contributed by atoms with Gasteiger partial charge in [0.05, 0.1) is 13.3 Å². The molecule has 0 unspecified atom stereocenters. The number of methoxy groups -OCH3 is 1. The number of aromatic nitrogens is 2. The number of ether oxygens (including phenoxy) is 1. The summed E-state index contributed by atoms with van der Waals surface area (Å²) < 4.78 is 7.02. The van der Waals surface area contributed by atoms with Crippen LogP contribution in [0.5, 0.6) is 5.75 Å². The largest absolute Gasteiger partial charge is 0.494 e. The van der Waals surface area contributed by atoms with Gasteiger partial charge in [-0.1, -0.05) is 12.1 Å². The van der Waals surface area contributed by atoms with Crippen molar-refractivity contribution in [1.82, 2.24) is 9.78 Å². The van der Waals surface area contributed by atoms with Crippen molar-refractivity contribution in [2.45, 2.75) is 6.92 Å². The van der Waals surface area contributed by atoms with Gasteiger partial charge in [0.1, 0.15) is 11.4 Å². The molecule has 4 heteroatoms. The Bertz CT molecular complexity index is 543. The van der Waals surface area contributed by atoms with Gasteiger partial charge in [0.2, 0.25) is 0 Å². The van der Waals surface area contributed by atoms with E-state index in [0.29, 0.717) is 0 Å². The van der Waals surface area contributed by atoms with E-state index in [1.54, 1.807) is 18.0 Å². The molecule has 0 amide bonds. The van der Waals surface area contributed by atoms with Crippen molar-refractivity contribution in [3.05, 3.63) is 42.2 Å². The van der Waals surface area contributed by atoms with Crippen molar-refractivity contribution in [2.24, 2.45) is 12.0 Å². The maximum Gasteiger partial charge on any atom is 0.144 e. The predicted octanol–water partition coefficient (Wildman–Crippen LogP) is 2.57. The van der Waals surface area contributed by atoms with Crippen LogP contribution >= 0.6 is 0 Å². The first-order chi connectivity index (χ1) is 8.20. The number of aliphatic imine (C=N–C) groups is 1. The monoisotopic (exact) mass is 229 g/mol. The normalized spacial score (nSPS) is 11.6. The lowest BCUT2D eigenvalue weighted by atomic mass is 10.2. The molecule has 0 spiro atoms. The van der Waals surface area contributed by atoms with Gasteiger partial charge in [-0.05, 0) is 19.1 Å². The summed E-state index contributed by atoms with van der Waals surface area (Å²) in [5, 5.41) is 4.13. The first kappa shape index (κ1) is 11.4. The van der Waals surface area contributed by atoms with Crippen LogP contribution in [0.25, 0.3) is 0 Å². The highest BCUT2D eigenvalue weighted by Crippen LogP contribution is 2.26. The summed E-state index contributed by atoms with van der Waals surface area (Å²) in [5.74, 6) is 0.774. The number of para-hydroxylation sites is 2. The van der Waals surface area contributed by atoms with Crippen LogP contribution in [0.15, 0.2) is 41.7 Å². The molecule has 0 aliphatic rings. The van der Waals surface area contributed by atoms with Gasteiger partial charge < -0.3 is 4.74 Å². The lowest BCUT2D eigenvalue weighted by molar-refractivity contribution is 0.416. The Morgan fingerprint density at radius 3 is 2.76 bits per heavy atom. The van der Waals surface area contributed by atoms with Gasteiger partial charge in [-0.3, -0.25) is 4.68 Å². The van der Waals surface area contributed by atoms with E-state index in [9.17, 15) is 0 Å². The molecule has 0 aliphatic heterocycles. The zero-order valence-corrected chi connectivity index (χ0v) is 10.2. The van der Waals surface area contributed by atoms with Crippen LogP contribution in [0.3, 0.4) is 0 Å². The molecule has 0 saturated carbocycles. The van der Waals surface area contributed by atoms with Gasteiger partial charge in [-0.25, -0.2) is 4.99 Å². The zero-order chi connectivity index (χ0) is 12.3. The Labute approximate surface area is 101 Å². The summed E-state index contributed by atoms with van der Waals surface area (Å²) >= 11 is 0. The second-order valence-electron chi connectivity index (χ2n) is 3.77. The third-order valence-corrected chi connectivity index (χ3v) is 2.50. The van der Waals surface area contributed by atoms with Crippen LogP contribution in [0, 0.1) is 0 Å². The number of hydrogen-bond acceptors (Lipinski definition) is 3. The number of hydrogen-bond donors (Lipinski definition) is 0. The van der Waals surface area contributed by atoms with Crippen LogP contribution in [-0.2, 0) is 7.05 Å². The highest BCUT2D eigenvalue weighted by Gasteiger charge is 2.03. The summed E-state index contributed by atoms with van der Waals surface area (Å²) in [6, 6.07) is 7.70. The highest BCUT2D eigenvalue weighted by atomic mass is 16.5. The fourth-order valence-corrected chi connectivity index (χ4v) is 1.58. The molecular formula is C13H15N3O. The molecule has 2 rings (SSSR count). The lowest BCUT2D eigenvalue weighted by Gasteiger charge is -2.04. The fourth-order valence-electron chi connectivity index (χ4n) is 1.58. The second-order valence-corrected chi connectivity index (χ2v) is 3.77. The number of rotatable bonds is 3. The molecule has 0 bridgehead atoms. The van der Waals surface area contributed by atoms with E-state index < -0.39 is 0 Å². The first-order valence-electron chi connectivity index (χ1n) is 5.38. The Balaban J connectivity index is 2.35. The number of aryl methyl sites for hydroxylation is 1. The van der Waals surface area contributed by atoms with Gasteiger partial charge in [0.25, 0.3) is 0 Å². The molecule has 4 nitrogen and oxygen atoms in total. The Morgan fingerprint density at radius 1 is 1.35 bits per heavy atom. The van der Waals surface area contributed by atoms with Crippen LogP contribution in [-0.4, -0.2) is 22.6 Å². The van der Waals surface area contributed by atoms with E-state index in [1.807, 2.05) is 44.4 Å².